The fourth-order valence-electron chi connectivity index (χ4n) is 3.70. The topological polar surface area (TPSA) is 97.6 Å². The lowest BCUT2D eigenvalue weighted by molar-refractivity contribution is -0.135. The van der Waals surface area contributed by atoms with Gasteiger partial charge in [-0.05, 0) is 32.3 Å². The molecule has 2 aromatic rings. The maximum Gasteiger partial charge on any atom is 0.249 e. The van der Waals surface area contributed by atoms with Gasteiger partial charge < -0.3 is 19.5 Å². The molecule has 2 atom stereocenters. The summed E-state index contributed by atoms with van der Waals surface area (Å²) in [5.74, 6) is 0.580. The Labute approximate surface area is 163 Å². The Morgan fingerprint density at radius 2 is 2.25 bits per heavy atom. The lowest BCUT2D eigenvalue weighted by Gasteiger charge is -2.21. The van der Waals surface area contributed by atoms with Crippen LogP contribution in [-0.2, 0) is 14.3 Å². The van der Waals surface area contributed by atoms with Gasteiger partial charge >= 0.3 is 0 Å². The number of carbonyl (C=O) groups excluding carboxylic acids is 2. The second-order valence-electron chi connectivity index (χ2n) is 7.34. The SMILES string of the molecule is Cc1cccc(-c2noc(C3CCC(=O)N3CC(=O)NCC3CCCO3)n2)c1. The van der Waals surface area contributed by atoms with Gasteiger partial charge in [0.05, 0.1) is 6.10 Å². The average molecular weight is 384 g/mol. The first-order valence-corrected chi connectivity index (χ1v) is 9.68. The summed E-state index contributed by atoms with van der Waals surface area (Å²) in [6.45, 7) is 3.20. The van der Waals surface area contributed by atoms with Gasteiger partial charge in [-0.15, -0.1) is 0 Å². The number of likely N-dealkylation sites (tertiary alicyclic amines) is 1. The molecule has 2 saturated heterocycles. The lowest BCUT2D eigenvalue weighted by Crippen LogP contribution is -2.41. The van der Waals surface area contributed by atoms with Crippen molar-refractivity contribution >= 4 is 11.8 Å². The molecular weight excluding hydrogens is 360 g/mol. The Morgan fingerprint density at radius 3 is 3.04 bits per heavy atom. The first-order chi connectivity index (χ1) is 13.6. The van der Waals surface area contributed by atoms with Crippen molar-refractivity contribution < 1.29 is 18.8 Å². The molecule has 1 aromatic carbocycles. The second-order valence-corrected chi connectivity index (χ2v) is 7.34. The van der Waals surface area contributed by atoms with Crippen LogP contribution in [-0.4, -0.2) is 52.7 Å². The van der Waals surface area contributed by atoms with Gasteiger partial charge in [0.15, 0.2) is 0 Å². The Balaban J connectivity index is 1.42. The Kier molecular flexibility index (Phi) is 5.38. The van der Waals surface area contributed by atoms with Crippen molar-refractivity contribution in [2.75, 3.05) is 19.7 Å². The number of amides is 2. The molecule has 2 amide bonds. The zero-order valence-corrected chi connectivity index (χ0v) is 15.9. The van der Waals surface area contributed by atoms with Crippen molar-refractivity contribution in [1.29, 1.82) is 0 Å². The summed E-state index contributed by atoms with van der Waals surface area (Å²) >= 11 is 0. The fourth-order valence-corrected chi connectivity index (χ4v) is 3.70. The monoisotopic (exact) mass is 384 g/mol. The van der Waals surface area contributed by atoms with Gasteiger partial charge in [0.25, 0.3) is 0 Å². The van der Waals surface area contributed by atoms with Crippen LogP contribution in [0.2, 0.25) is 0 Å². The van der Waals surface area contributed by atoms with Crippen LogP contribution in [0.1, 0.15) is 43.2 Å². The van der Waals surface area contributed by atoms with Crippen LogP contribution in [0.5, 0.6) is 0 Å². The molecule has 1 N–H and O–H groups in total. The highest BCUT2D eigenvalue weighted by Gasteiger charge is 2.37. The highest BCUT2D eigenvalue weighted by molar-refractivity contribution is 5.86. The van der Waals surface area contributed by atoms with Gasteiger partial charge in [-0.2, -0.15) is 4.98 Å². The number of aryl methyl sites for hydroxylation is 1. The summed E-state index contributed by atoms with van der Waals surface area (Å²) in [6.07, 6.45) is 2.98. The Bertz CT molecular complexity index is 859. The van der Waals surface area contributed by atoms with E-state index in [0.717, 1.165) is 30.6 Å². The normalized spacial score (nSPS) is 22.0. The van der Waals surface area contributed by atoms with Crippen LogP contribution in [0, 0.1) is 6.92 Å². The van der Waals surface area contributed by atoms with E-state index < -0.39 is 0 Å². The molecule has 2 aliphatic heterocycles. The second kappa shape index (κ2) is 8.10. The predicted molar refractivity (Wildman–Crippen MR) is 100 cm³/mol. The van der Waals surface area contributed by atoms with Gasteiger partial charge in [0, 0.05) is 25.1 Å². The fraction of sp³-hybridized carbons (Fsp3) is 0.500. The first-order valence-electron chi connectivity index (χ1n) is 9.68. The van der Waals surface area contributed by atoms with Crippen LogP contribution in [0.25, 0.3) is 11.4 Å². The molecule has 0 aliphatic carbocycles. The summed E-state index contributed by atoms with van der Waals surface area (Å²) in [7, 11) is 0. The maximum absolute atomic E-state index is 12.3. The highest BCUT2D eigenvalue weighted by Crippen LogP contribution is 2.32. The number of nitrogens with one attached hydrogen (secondary N) is 1. The number of carbonyl (C=O) groups is 2. The lowest BCUT2D eigenvalue weighted by atomic mass is 10.1. The van der Waals surface area contributed by atoms with Crippen molar-refractivity contribution in [3.8, 4) is 11.4 Å². The molecule has 28 heavy (non-hydrogen) atoms. The van der Waals surface area contributed by atoms with E-state index in [4.69, 9.17) is 9.26 Å². The van der Waals surface area contributed by atoms with Crippen molar-refractivity contribution in [2.45, 2.75) is 44.8 Å². The molecule has 148 valence electrons. The standard InChI is InChI=1S/C20H24N4O4/c1-13-4-2-5-14(10-13)19-22-20(28-23-19)16-7-8-18(26)24(16)12-17(25)21-11-15-6-3-9-27-15/h2,4-5,10,15-16H,3,6-9,11-12H2,1H3,(H,21,25). The minimum absolute atomic E-state index is 0.0155. The summed E-state index contributed by atoms with van der Waals surface area (Å²) in [5, 5.41) is 6.92. The van der Waals surface area contributed by atoms with E-state index in [1.165, 1.54) is 4.90 Å². The van der Waals surface area contributed by atoms with E-state index in [9.17, 15) is 9.59 Å². The van der Waals surface area contributed by atoms with E-state index in [-0.39, 0.29) is 30.5 Å². The molecule has 2 fully saturated rings. The van der Waals surface area contributed by atoms with Crippen LogP contribution in [0.4, 0.5) is 0 Å². The van der Waals surface area contributed by atoms with Crippen LogP contribution < -0.4 is 5.32 Å². The number of nitrogens with zero attached hydrogens (tertiary/aromatic N) is 3. The molecule has 0 spiro atoms. The Morgan fingerprint density at radius 1 is 1.36 bits per heavy atom. The third-order valence-corrected chi connectivity index (χ3v) is 5.20. The zero-order chi connectivity index (χ0) is 19.5. The molecular formula is C20H24N4O4. The molecule has 0 saturated carbocycles. The van der Waals surface area contributed by atoms with E-state index >= 15 is 0 Å². The summed E-state index contributed by atoms with van der Waals surface area (Å²) < 4.78 is 10.9. The number of hydrogen-bond donors (Lipinski definition) is 1. The molecule has 1 aromatic heterocycles. The average Bonchev–Trinajstić information content (AvgIpc) is 3.42. The summed E-state index contributed by atoms with van der Waals surface area (Å²) in [5.41, 5.74) is 1.96. The van der Waals surface area contributed by atoms with Crippen LogP contribution in [0.3, 0.4) is 0 Å². The number of ether oxygens (including phenoxy) is 1. The molecule has 4 rings (SSSR count). The van der Waals surface area contributed by atoms with E-state index in [2.05, 4.69) is 15.5 Å². The number of hydrogen-bond acceptors (Lipinski definition) is 6. The Hall–Kier alpha value is -2.74. The number of benzene rings is 1. The van der Waals surface area contributed by atoms with Gasteiger partial charge in [-0.3, -0.25) is 9.59 Å². The number of aromatic nitrogens is 2. The van der Waals surface area contributed by atoms with Crippen molar-refractivity contribution in [3.05, 3.63) is 35.7 Å². The highest BCUT2D eigenvalue weighted by atomic mass is 16.5. The zero-order valence-electron chi connectivity index (χ0n) is 15.9. The van der Waals surface area contributed by atoms with Crippen molar-refractivity contribution in [1.82, 2.24) is 20.4 Å². The van der Waals surface area contributed by atoms with Gasteiger partial charge in [0.1, 0.15) is 12.6 Å². The molecule has 0 bridgehead atoms. The van der Waals surface area contributed by atoms with E-state index in [1.807, 2.05) is 31.2 Å². The molecule has 3 heterocycles. The minimum Gasteiger partial charge on any atom is -0.376 e. The molecule has 8 heteroatoms. The first kappa shape index (κ1) is 18.6. The van der Waals surface area contributed by atoms with Crippen molar-refractivity contribution in [2.24, 2.45) is 0 Å². The minimum atomic E-state index is -0.368. The number of rotatable bonds is 6. The van der Waals surface area contributed by atoms with Crippen LogP contribution >= 0.6 is 0 Å². The summed E-state index contributed by atoms with van der Waals surface area (Å²) in [4.78, 5) is 30.6. The van der Waals surface area contributed by atoms with Crippen LogP contribution in [0.15, 0.2) is 28.8 Å². The van der Waals surface area contributed by atoms with Crippen molar-refractivity contribution in [3.63, 3.8) is 0 Å². The van der Waals surface area contributed by atoms with E-state index in [1.54, 1.807) is 0 Å². The predicted octanol–water partition coefficient (Wildman–Crippen LogP) is 2.00. The van der Waals surface area contributed by atoms with Gasteiger partial charge in [-0.25, -0.2) is 0 Å². The third kappa shape index (κ3) is 4.06. The smallest absolute Gasteiger partial charge is 0.249 e. The van der Waals surface area contributed by atoms with Gasteiger partial charge in [0.2, 0.25) is 23.5 Å². The molecule has 2 unspecified atom stereocenters. The molecule has 2 aliphatic rings. The summed E-state index contributed by atoms with van der Waals surface area (Å²) in [6, 6.07) is 7.46. The molecule has 8 nitrogen and oxygen atoms in total. The largest absolute Gasteiger partial charge is 0.376 e. The van der Waals surface area contributed by atoms with Gasteiger partial charge in [-0.1, -0.05) is 28.9 Å². The quantitative estimate of drug-likeness (QED) is 0.818. The molecule has 0 radical (unpaired) electrons. The van der Waals surface area contributed by atoms with E-state index in [0.29, 0.717) is 31.1 Å². The maximum atomic E-state index is 12.3. The third-order valence-electron chi connectivity index (χ3n) is 5.20.